The number of hydrogen-bond donors (Lipinski definition) is 1. The van der Waals surface area contributed by atoms with Gasteiger partial charge in [-0.15, -0.1) is 0 Å². The van der Waals surface area contributed by atoms with Gasteiger partial charge in [0, 0.05) is 38.4 Å². The lowest BCUT2D eigenvalue weighted by Gasteiger charge is -2.40. The zero-order chi connectivity index (χ0) is 13.9. The molecular formula is C16H22N4. The summed E-state index contributed by atoms with van der Waals surface area (Å²) in [6, 6.07) is 13.7. The van der Waals surface area contributed by atoms with E-state index < -0.39 is 0 Å². The van der Waals surface area contributed by atoms with Crippen molar-refractivity contribution < 1.29 is 0 Å². The molecule has 3 rings (SSSR count). The third-order valence-corrected chi connectivity index (χ3v) is 4.06. The van der Waals surface area contributed by atoms with E-state index in [1.807, 2.05) is 17.9 Å². The fourth-order valence-electron chi connectivity index (χ4n) is 2.87. The van der Waals surface area contributed by atoms with Crippen molar-refractivity contribution in [3.8, 4) is 0 Å². The molecule has 1 aliphatic heterocycles. The Morgan fingerprint density at radius 2 is 2.05 bits per heavy atom. The number of aryl methyl sites for hydroxylation is 1. The molecule has 1 aromatic heterocycles. The first-order chi connectivity index (χ1) is 9.78. The molecule has 1 fully saturated rings. The molecule has 0 amide bonds. The summed E-state index contributed by atoms with van der Waals surface area (Å²) in [4.78, 5) is 2.43. The van der Waals surface area contributed by atoms with Crippen molar-refractivity contribution >= 4 is 5.82 Å². The summed E-state index contributed by atoms with van der Waals surface area (Å²) in [6.07, 6.45) is 3.16. The first-order valence-electron chi connectivity index (χ1n) is 7.32. The molecule has 0 spiro atoms. The van der Waals surface area contributed by atoms with Gasteiger partial charge >= 0.3 is 0 Å². The molecule has 2 heterocycles. The van der Waals surface area contributed by atoms with Crippen LogP contribution in [0.1, 0.15) is 24.9 Å². The SMILES string of the molecule is CCC1CN(c2ccn(C)n2)C(c2ccccc2)CN1. The molecule has 2 aromatic rings. The second kappa shape index (κ2) is 5.67. The average Bonchev–Trinajstić information content (AvgIpc) is 2.94. The van der Waals surface area contributed by atoms with Crippen LogP contribution in [0.15, 0.2) is 42.6 Å². The molecule has 1 N–H and O–H groups in total. The molecule has 106 valence electrons. The summed E-state index contributed by atoms with van der Waals surface area (Å²) >= 11 is 0. The van der Waals surface area contributed by atoms with E-state index in [0.717, 1.165) is 25.3 Å². The van der Waals surface area contributed by atoms with Crippen molar-refractivity contribution in [3.63, 3.8) is 0 Å². The van der Waals surface area contributed by atoms with Gasteiger partial charge in [-0.2, -0.15) is 5.10 Å². The molecule has 0 saturated carbocycles. The van der Waals surface area contributed by atoms with E-state index in [2.05, 4.69) is 58.6 Å². The van der Waals surface area contributed by atoms with Crippen LogP contribution >= 0.6 is 0 Å². The molecule has 1 aliphatic rings. The highest BCUT2D eigenvalue weighted by Gasteiger charge is 2.29. The monoisotopic (exact) mass is 270 g/mol. The van der Waals surface area contributed by atoms with Crippen molar-refractivity contribution in [3.05, 3.63) is 48.2 Å². The van der Waals surface area contributed by atoms with Gasteiger partial charge in [0.2, 0.25) is 0 Å². The Morgan fingerprint density at radius 3 is 2.70 bits per heavy atom. The molecule has 4 nitrogen and oxygen atoms in total. The van der Waals surface area contributed by atoms with Gasteiger partial charge in [-0.3, -0.25) is 4.68 Å². The third-order valence-electron chi connectivity index (χ3n) is 4.06. The van der Waals surface area contributed by atoms with Gasteiger partial charge in [-0.05, 0) is 12.0 Å². The van der Waals surface area contributed by atoms with Crippen molar-refractivity contribution in [2.45, 2.75) is 25.4 Å². The molecule has 1 aromatic carbocycles. The highest BCUT2D eigenvalue weighted by molar-refractivity contribution is 5.43. The number of benzene rings is 1. The summed E-state index contributed by atoms with van der Waals surface area (Å²) in [5, 5.41) is 8.24. The predicted molar refractivity (Wildman–Crippen MR) is 81.8 cm³/mol. The van der Waals surface area contributed by atoms with E-state index in [0.29, 0.717) is 12.1 Å². The minimum absolute atomic E-state index is 0.355. The van der Waals surface area contributed by atoms with Crippen molar-refractivity contribution in [1.82, 2.24) is 15.1 Å². The van der Waals surface area contributed by atoms with Crippen LogP contribution in [0.3, 0.4) is 0 Å². The van der Waals surface area contributed by atoms with Crippen LogP contribution in [0.5, 0.6) is 0 Å². The van der Waals surface area contributed by atoms with Crippen LogP contribution in [-0.4, -0.2) is 28.9 Å². The number of aromatic nitrogens is 2. The molecule has 4 heteroatoms. The lowest BCUT2D eigenvalue weighted by atomic mass is 10.00. The Balaban J connectivity index is 1.91. The predicted octanol–water partition coefficient (Wildman–Crippen LogP) is 2.35. The summed E-state index contributed by atoms with van der Waals surface area (Å²) in [6.45, 7) is 4.21. The second-order valence-electron chi connectivity index (χ2n) is 5.44. The first-order valence-corrected chi connectivity index (χ1v) is 7.32. The summed E-state index contributed by atoms with van der Waals surface area (Å²) in [7, 11) is 1.97. The van der Waals surface area contributed by atoms with E-state index in [1.165, 1.54) is 5.56 Å². The highest BCUT2D eigenvalue weighted by Crippen LogP contribution is 2.28. The Labute approximate surface area is 120 Å². The van der Waals surface area contributed by atoms with Gasteiger partial charge in [0.25, 0.3) is 0 Å². The van der Waals surface area contributed by atoms with E-state index in [4.69, 9.17) is 0 Å². The second-order valence-corrected chi connectivity index (χ2v) is 5.44. The third kappa shape index (κ3) is 2.56. The summed E-state index contributed by atoms with van der Waals surface area (Å²) in [5.74, 6) is 1.07. The first kappa shape index (κ1) is 13.2. The van der Waals surface area contributed by atoms with Gasteiger partial charge in [0.15, 0.2) is 5.82 Å². The highest BCUT2D eigenvalue weighted by atomic mass is 15.4. The van der Waals surface area contributed by atoms with Crippen LogP contribution in [0.25, 0.3) is 0 Å². The number of piperazine rings is 1. The Bertz CT molecular complexity index is 549. The van der Waals surface area contributed by atoms with E-state index in [9.17, 15) is 0 Å². The molecular weight excluding hydrogens is 248 g/mol. The summed E-state index contributed by atoms with van der Waals surface area (Å²) in [5.41, 5.74) is 1.35. The lowest BCUT2D eigenvalue weighted by Crippen LogP contribution is -2.52. The fraction of sp³-hybridized carbons (Fsp3) is 0.438. The normalized spacial score (nSPS) is 23.0. The maximum atomic E-state index is 4.59. The summed E-state index contributed by atoms with van der Waals surface area (Å²) < 4.78 is 1.88. The van der Waals surface area contributed by atoms with Crippen LogP contribution in [0.2, 0.25) is 0 Å². The zero-order valence-corrected chi connectivity index (χ0v) is 12.2. The molecule has 1 saturated heterocycles. The number of hydrogen-bond acceptors (Lipinski definition) is 3. The van der Waals surface area contributed by atoms with E-state index in [1.54, 1.807) is 0 Å². The van der Waals surface area contributed by atoms with Gasteiger partial charge < -0.3 is 10.2 Å². The largest absolute Gasteiger partial charge is 0.345 e. The standard InChI is InChI=1S/C16H22N4/c1-3-14-12-20(16-9-10-19(2)18-16)15(11-17-14)13-7-5-4-6-8-13/h4-10,14-15,17H,3,11-12H2,1-2H3. The zero-order valence-electron chi connectivity index (χ0n) is 12.2. The smallest absolute Gasteiger partial charge is 0.151 e. The molecule has 20 heavy (non-hydrogen) atoms. The van der Waals surface area contributed by atoms with Crippen LogP contribution in [0, 0.1) is 0 Å². The van der Waals surface area contributed by atoms with Gasteiger partial charge in [0.1, 0.15) is 0 Å². The van der Waals surface area contributed by atoms with Crippen LogP contribution < -0.4 is 10.2 Å². The van der Waals surface area contributed by atoms with Crippen molar-refractivity contribution in [2.24, 2.45) is 7.05 Å². The van der Waals surface area contributed by atoms with Gasteiger partial charge in [-0.25, -0.2) is 0 Å². The van der Waals surface area contributed by atoms with Crippen molar-refractivity contribution in [1.29, 1.82) is 0 Å². The molecule has 0 radical (unpaired) electrons. The maximum Gasteiger partial charge on any atom is 0.151 e. The van der Waals surface area contributed by atoms with Crippen LogP contribution in [-0.2, 0) is 7.05 Å². The average molecular weight is 270 g/mol. The minimum atomic E-state index is 0.355. The molecule has 0 aliphatic carbocycles. The minimum Gasteiger partial charge on any atom is -0.345 e. The van der Waals surface area contributed by atoms with Crippen LogP contribution in [0.4, 0.5) is 5.82 Å². The van der Waals surface area contributed by atoms with Gasteiger partial charge in [0.05, 0.1) is 6.04 Å². The number of nitrogens with zero attached hydrogens (tertiary/aromatic N) is 3. The molecule has 2 unspecified atom stereocenters. The van der Waals surface area contributed by atoms with Gasteiger partial charge in [-0.1, -0.05) is 37.3 Å². The fourth-order valence-corrected chi connectivity index (χ4v) is 2.87. The maximum absolute atomic E-state index is 4.59. The Morgan fingerprint density at radius 1 is 1.25 bits per heavy atom. The quantitative estimate of drug-likeness (QED) is 0.929. The topological polar surface area (TPSA) is 33.1 Å². The van der Waals surface area contributed by atoms with E-state index in [-0.39, 0.29) is 0 Å². The lowest BCUT2D eigenvalue weighted by molar-refractivity contribution is 0.387. The number of nitrogens with one attached hydrogen (secondary N) is 1. The van der Waals surface area contributed by atoms with Crippen molar-refractivity contribution in [2.75, 3.05) is 18.0 Å². The van der Waals surface area contributed by atoms with E-state index >= 15 is 0 Å². The Hall–Kier alpha value is -1.81. The Kier molecular flexibility index (Phi) is 3.74. The molecule has 2 atom stereocenters. The number of rotatable bonds is 3. The molecule has 0 bridgehead atoms. The number of anilines is 1.